The van der Waals surface area contributed by atoms with Crippen LogP contribution in [0.25, 0.3) is 0 Å². The lowest BCUT2D eigenvalue weighted by Crippen LogP contribution is -2.15. The van der Waals surface area contributed by atoms with Crippen LogP contribution in [0.5, 0.6) is 5.75 Å². The smallest absolute Gasteiger partial charge is 0.124 e. The number of fused-ring (bicyclic) bond motifs is 1. The average molecular weight is 364 g/mol. The zero-order chi connectivity index (χ0) is 14.8. The van der Waals surface area contributed by atoms with Crippen molar-refractivity contribution in [1.82, 2.24) is 0 Å². The second-order valence-corrected chi connectivity index (χ2v) is 7.59. The van der Waals surface area contributed by atoms with Crippen LogP contribution < -0.4 is 10.5 Å². The van der Waals surface area contributed by atoms with E-state index in [1.165, 1.54) is 10.5 Å². The Morgan fingerprint density at radius 1 is 1.33 bits per heavy atom. The first kappa shape index (κ1) is 14.9. The predicted octanol–water partition coefficient (Wildman–Crippen LogP) is 4.56. The lowest BCUT2D eigenvalue weighted by atomic mass is 10.1. The number of ether oxygens (including phenoxy) is 1. The number of halogens is 1. The fourth-order valence-electron chi connectivity index (χ4n) is 2.54. The molecule has 110 valence electrons. The second-order valence-electron chi connectivity index (χ2n) is 5.33. The van der Waals surface area contributed by atoms with Crippen LogP contribution in [0.1, 0.15) is 24.1 Å². The summed E-state index contributed by atoms with van der Waals surface area (Å²) in [6.07, 6.45) is 1.07. The van der Waals surface area contributed by atoms with Crippen molar-refractivity contribution in [2.24, 2.45) is 5.73 Å². The molecule has 2 N–H and O–H groups in total. The van der Waals surface area contributed by atoms with Gasteiger partial charge in [-0.15, -0.1) is 11.8 Å². The second kappa shape index (κ2) is 6.42. The summed E-state index contributed by atoms with van der Waals surface area (Å²) in [5.74, 6) is 0.893. The van der Waals surface area contributed by atoms with E-state index in [4.69, 9.17) is 10.5 Å². The van der Waals surface area contributed by atoms with Gasteiger partial charge in [0.15, 0.2) is 0 Å². The molecule has 4 heteroatoms. The van der Waals surface area contributed by atoms with Crippen molar-refractivity contribution in [2.75, 3.05) is 6.61 Å². The molecule has 0 bridgehead atoms. The third kappa shape index (κ3) is 3.44. The topological polar surface area (TPSA) is 35.2 Å². The Kier molecular flexibility index (Phi) is 4.57. The zero-order valence-corrected chi connectivity index (χ0v) is 14.3. The molecule has 2 nitrogen and oxygen atoms in total. The maximum atomic E-state index is 6.05. The summed E-state index contributed by atoms with van der Waals surface area (Å²) in [7, 11) is 0. The minimum Gasteiger partial charge on any atom is -0.492 e. The first-order valence-electron chi connectivity index (χ1n) is 7.06. The van der Waals surface area contributed by atoms with Crippen LogP contribution in [0.4, 0.5) is 0 Å². The van der Waals surface area contributed by atoms with Crippen molar-refractivity contribution >= 4 is 27.7 Å². The molecule has 3 rings (SSSR count). The van der Waals surface area contributed by atoms with Crippen molar-refractivity contribution in [3.05, 3.63) is 58.1 Å². The number of thioether (sulfide) groups is 1. The highest BCUT2D eigenvalue weighted by atomic mass is 79.9. The fraction of sp³-hybridized carbons (Fsp3) is 0.294. The van der Waals surface area contributed by atoms with Crippen molar-refractivity contribution in [3.63, 3.8) is 0 Å². The molecule has 0 aliphatic carbocycles. The minimum atomic E-state index is -0.0362. The zero-order valence-electron chi connectivity index (χ0n) is 11.9. The van der Waals surface area contributed by atoms with E-state index in [1.54, 1.807) is 0 Å². The Bertz CT molecular complexity index is 619. The summed E-state index contributed by atoms with van der Waals surface area (Å²) in [5, 5.41) is 0.479. The standard InChI is InChI=1S/C17H18BrNOS/c1-11(19)15-9-13(18)6-7-16(15)20-10-14-8-12-4-2-3-5-17(12)21-14/h2-7,9,11,14H,8,10,19H2,1H3. The molecule has 0 radical (unpaired) electrons. The van der Waals surface area contributed by atoms with Gasteiger partial charge in [-0.25, -0.2) is 0 Å². The van der Waals surface area contributed by atoms with Gasteiger partial charge < -0.3 is 10.5 Å². The van der Waals surface area contributed by atoms with Gasteiger partial charge in [0.2, 0.25) is 0 Å². The van der Waals surface area contributed by atoms with Gasteiger partial charge in [-0.05, 0) is 43.2 Å². The highest BCUT2D eigenvalue weighted by molar-refractivity contribution is 9.10. The van der Waals surface area contributed by atoms with Crippen molar-refractivity contribution in [1.29, 1.82) is 0 Å². The Morgan fingerprint density at radius 2 is 2.14 bits per heavy atom. The molecule has 2 unspecified atom stereocenters. The van der Waals surface area contributed by atoms with E-state index < -0.39 is 0 Å². The first-order valence-corrected chi connectivity index (χ1v) is 8.73. The van der Waals surface area contributed by atoms with Gasteiger partial charge in [0.05, 0.1) is 0 Å². The number of nitrogens with two attached hydrogens (primary N) is 1. The Balaban J connectivity index is 1.67. The van der Waals surface area contributed by atoms with E-state index in [0.29, 0.717) is 11.9 Å². The van der Waals surface area contributed by atoms with Gasteiger partial charge in [0, 0.05) is 26.2 Å². The van der Waals surface area contributed by atoms with Crippen LogP contribution in [-0.4, -0.2) is 11.9 Å². The summed E-state index contributed by atoms with van der Waals surface area (Å²) in [4.78, 5) is 1.38. The molecule has 0 fully saturated rings. The summed E-state index contributed by atoms with van der Waals surface area (Å²) < 4.78 is 7.08. The minimum absolute atomic E-state index is 0.0362. The SMILES string of the molecule is CC(N)c1cc(Br)ccc1OCC1Cc2ccccc2S1. The number of hydrogen-bond acceptors (Lipinski definition) is 3. The molecule has 0 saturated carbocycles. The predicted molar refractivity (Wildman–Crippen MR) is 92.0 cm³/mol. The molecule has 0 saturated heterocycles. The summed E-state index contributed by atoms with van der Waals surface area (Å²) in [5.41, 5.74) is 8.51. The lowest BCUT2D eigenvalue weighted by Gasteiger charge is -2.16. The molecule has 1 aliphatic heterocycles. The van der Waals surface area contributed by atoms with Crippen LogP contribution in [-0.2, 0) is 6.42 Å². The molecule has 2 atom stereocenters. The summed E-state index contributed by atoms with van der Waals surface area (Å²) >= 11 is 5.39. The van der Waals surface area contributed by atoms with Crippen molar-refractivity contribution < 1.29 is 4.74 Å². The van der Waals surface area contributed by atoms with E-state index >= 15 is 0 Å². The summed E-state index contributed by atoms with van der Waals surface area (Å²) in [6.45, 7) is 2.69. The van der Waals surface area contributed by atoms with Gasteiger partial charge in [0.25, 0.3) is 0 Å². The largest absolute Gasteiger partial charge is 0.492 e. The van der Waals surface area contributed by atoms with Crippen LogP contribution in [0.15, 0.2) is 51.8 Å². The van der Waals surface area contributed by atoms with Gasteiger partial charge in [-0.1, -0.05) is 34.1 Å². The molecule has 1 aliphatic rings. The Morgan fingerprint density at radius 3 is 2.90 bits per heavy atom. The van der Waals surface area contributed by atoms with E-state index in [-0.39, 0.29) is 6.04 Å². The lowest BCUT2D eigenvalue weighted by molar-refractivity contribution is 0.313. The summed E-state index contributed by atoms with van der Waals surface area (Å²) in [6, 6.07) is 14.6. The highest BCUT2D eigenvalue weighted by Gasteiger charge is 2.22. The molecule has 0 spiro atoms. The molecule has 21 heavy (non-hydrogen) atoms. The highest BCUT2D eigenvalue weighted by Crippen LogP contribution is 2.37. The van der Waals surface area contributed by atoms with Crippen LogP contribution in [0, 0.1) is 0 Å². The average Bonchev–Trinajstić information content (AvgIpc) is 2.88. The molecule has 0 amide bonds. The van der Waals surface area contributed by atoms with Crippen molar-refractivity contribution in [3.8, 4) is 5.75 Å². The van der Waals surface area contributed by atoms with Gasteiger partial charge >= 0.3 is 0 Å². The number of rotatable bonds is 4. The van der Waals surface area contributed by atoms with Crippen LogP contribution in [0.2, 0.25) is 0 Å². The maximum absolute atomic E-state index is 6.05. The number of hydrogen-bond donors (Lipinski definition) is 1. The van der Waals surface area contributed by atoms with Crippen molar-refractivity contribution in [2.45, 2.75) is 29.5 Å². The molecule has 1 heterocycles. The molecular weight excluding hydrogens is 346 g/mol. The number of benzene rings is 2. The quantitative estimate of drug-likeness (QED) is 0.864. The normalized spacial score (nSPS) is 18.3. The molecule has 2 aromatic carbocycles. The van der Waals surface area contributed by atoms with Crippen LogP contribution in [0.3, 0.4) is 0 Å². The van der Waals surface area contributed by atoms with E-state index in [1.807, 2.05) is 36.9 Å². The fourth-order valence-corrected chi connectivity index (χ4v) is 4.13. The van der Waals surface area contributed by atoms with Gasteiger partial charge in [-0.2, -0.15) is 0 Å². The van der Waals surface area contributed by atoms with Crippen LogP contribution >= 0.6 is 27.7 Å². The monoisotopic (exact) mass is 363 g/mol. The maximum Gasteiger partial charge on any atom is 0.124 e. The van der Waals surface area contributed by atoms with Gasteiger partial charge in [-0.3, -0.25) is 0 Å². The van der Waals surface area contributed by atoms with Gasteiger partial charge in [0.1, 0.15) is 12.4 Å². The first-order chi connectivity index (χ1) is 10.1. The Labute approximate surface area is 138 Å². The third-order valence-electron chi connectivity index (χ3n) is 3.60. The Hall–Kier alpha value is -0.970. The van der Waals surface area contributed by atoms with E-state index in [0.717, 1.165) is 22.2 Å². The molecule has 0 aromatic heterocycles. The van der Waals surface area contributed by atoms with E-state index in [9.17, 15) is 0 Å². The third-order valence-corrected chi connectivity index (χ3v) is 5.38. The molecule has 2 aromatic rings. The molecular formula is C17H18BrNOS. The van der Waals surface area contributed by atoms with E-state index in [2.05, 4.69) is 40.2 Å².